The average Bonchev–Trinajstić information content (AvgIpc) is 2.75. The van der Waals surface area contributed by atoms with Gasteiger partial charge in [-0.1, -0.05) is 16.8 Å². The fourth-order valence-electron chi connectivity index (χ4n) is 1.52. The van der Waals surface area contributed by atoms with Crippen molar-refractivity contribution in [1.82, 2.24) is 5.16 Å². The van der Waals surface area contributed by atoms with Crippen LogP contribution in [0.25, 0.3) is 11.1 Å². The molecule has 0 bridgehead atoms. The number of ether oxygens (including phenoxy) is 2. The molecule has 0 aliphatic heterocycles. The Bertz CT molecular complexity index is 540. The molecule has 0 unspecified atom stereocenters. The second-order valence-electron chi connectivity index (χ2n) is 3.29. The number of rotatable bonds is 3. The lowest BCUT2D eigenvalue weighted by Crippen LogP contribution is -1.93. The van der Waals surface area contributed by atoms with Crippen molar-refractivity contribution in [2.75, 3.05) is 20.0 Å². The minimum atomic E-state index is 0.213. The summed E-state index contributed by atoms with van der Waals surface area (Å²) >= 11 is 6.06. The van der Waals surface area contributed by atoms with E-state index in [0.29, 0.717) is 27.6 Å². The minimum Gasteiger partial charge on any atom is -0.496 e. The zero-order valence-electron chi connectivity index (χ0n) is 9.36. The van der Waals surface area contributed by atoms with Crippen molar-refractivity contribution in [1.29, 1.82) is 0 Å². The molecular weight excluding hydrogens is 244 g/mol. The van der Waals surface area contributed by atoms with Crippen molar-refractivity contribution in [2.24, 2.45) is 0 Å². The van der Waals surface area contributed by atoms with E-state index in [4.69, 9.17) is 31.3 Å². The monoisotopic (exact) mass is 254 g/mol. The van der Waals surface area contributed by atoms with Crippen LogP contribution in [0, 0.1) is 0 Å². The minimum absolute atomic E-state index is 0.213. The molecule has 0 spiro atoms. The number of nitrogen functional groups attached to an aromatic ring is 1. The number of nitrogens with two attached hydrogens (primary N) is 1. The van der Waals surface area contributed by atoms with Gasteiger partial charge in [-0.05, 0) is 6.07 Å². The van der Waals surface area contributed by atoms with E-state index in [1.54, 1.807) is 19.2 Å². The standard InChI is InChI=1S/C11H11ClN2O3/c1-15-9-4-10(16-2)8(12)3-6(9)7-5-14-17-11(7)13/h3-5H,13H2,1-2H3. The van der Waals surface area contributed by atoms with Crippen LogP contribution in [0.5, 0.6) is 11.5 Å². The molecular formula is C11H11ClN2O3. The fraction of sp³-hybridized carbons (Fsp3) is 0.182. The largest absolute Gasteiger partial charge is 0.496 e. The van der Waals surface area contributed by atoms with Gasteiger partial charge in [0.05, 0.1) is 31.0 Å². The van der Waals surface area contributed by atoms with Crippen molar-refractivity contribution in [2.45, 2.75) is 0 Å². The Balaban J connectivity index is 2.61. The third-order valence-corrected chi connectivity index (χ3v) is 2.66. The molecule has 0 fully saturated rings. The van der Waals surface area contributed by atoms with E-state index in [9.17, 15) is 0 Å². The lowest BCUT2D eigenvalue weighted by molar-refractivity contribution is 0.395. The summed E-state index contributed by atoms with van der Waals surface area (Å²) in [5, 5.41) is 4.08. The summed E-state index contributed by atoms with van der Waals surface area (Å²) in [7, 11) is 3.09. The highest BCUT2D eigenvalue weighted by Crippen LogP contribution is 2.40. The Morgan fingerprint density at radius 2 is 1.88 bits per heavy atom. The molecule has 0 aliphatic carbocycles. The predicted octanol–water partition coefficient (Wildman–Crippen LogP) is 2.59. The highest BCUT2D eigenvalue weighted by atomic mass is 35.5. The summed E-state index contributed by atoms with van der Waals surface area (Å²) in [5.74, 6) is 1.33. The second-order valence-corrected chi connectivity index (χ2v) is 3.70. The molecule has 5 nitrogen and oxygen atoms in total. The van der Waals surface area contributed by atoms with Crippen LogP contribution < -0.4 is 15.2 Å². The van der Waals surface area contributed by atoms with Gasteiger partial charge in [0.2, 0.25) is 5.88 Å². The van der Waals surface area contributed by atoms with Gasteiger partial charge in [-0.3, -0.25) is 0 Å². The molecule has 0 amide bonds. The molecule has 0 atom stereocenters. The molecule has 17 heavy (non-hydrogen) atoms. The molecule has 1 aromatic carbocycles. The Kier molecular flexibility index (Phi) is 3.10. The van der Waals surface area contributed by atoms with Gasteiger partial charge in [0.1, 0.15) is 11.5 Å². The van der Waals surface area contributed by atoms with Crippen molar-refractivity contribution in [3.8, 4) is 22.6 Å². The van der Waals surface area contributed by atoms with Crippen LogP contribution in [0.4, 0.5) is 5.88 Å². The van der Waals surface area contributed by atoms with Gasteiger partial charge >= 0.3 is 0 Å². The normalized spacial score (nSPS) is 10.3. The molecule has 1 aromatic heterocycles. The quantitative estimate of drug-likeness (QED) is 0.912. The van der Waals surface area contributed by atoms with Crippen LogP contribution >= 0.6 is 11.6 Å². The van der Waals surface area contributed by atoms with E-state index in [0.717, 1.165) is 0 Å². The lowest BCUT2D eigenvalue weighted by Gasteiger charge is -2.10. The molecule has 2 aromatic rings. The number of methoxy groups -OCH3 is 2. The van der Waals surface area contributed by atoms with Crippen molar-refractivity contribution < 1.29 is 14.0 Å². The number of hydrogen-bond donors (Lipinski definition) is 1. The smallest absolute Gasteiger partial charge is 0.230 e. The van der Waals surface area contributed by atoms with Crippen LogP contribution in [0.2, 0.25) is 5.02 Å². The predicted molar refractivity (Wildman–Crippen MR) is 64.5 cm³/mol. The fourth-order valence-corrected chi connectivity index (χ4v) is 1.76. The van der Waals surface area contributed by atoms with Crippen LogP contribution in [0.15, 0.2) is 22.9 Å². The Hall–Kier alpha value is -1.88. The van der Waals surface area contributed by atoms with Crippen LogP contribution in [0.3, 0.4) is 0 Å². The van der Waals surface area contributed by atoms with Crippen molar-refractivity contribution >= 4 is 17.5 Å². The van der Waals surface area contributed by atoms with Crippen LogP contribution in [-0.2, 0) is 0 Å². The number of nitrogens with zero attached hydrogens (tertiary/aromatic N) is 1. The molecule has 1 heterocycles. The summed E-state index contributed by atoms with van der Waals surface area (Å²) in [6.45, 7) is 0. The molecule has 6 heteroatoms. The maximum atomic E-state index is 6.06. The summed E-state index contributed by atoms with van der Waals surface area (Å²) in [4.78, 5) is 0. The highest BCUT2D eigenvalue weighted by molar-refractivity contribution is 6.32. The summed E-state index contributed by atoms with van der Waals surface area (Å²) < 4.78 is 15.2. The molecule has 0 aliphatic rings. The molecule has 0 saturated carbocycles. The zero-order chi connectivity index (χ0) is 12.4. The van der Waals surface area contributed by atoms with Crippen LogP contribution in [-0.4, -0.2) is 19.4 Å². The van der Waals surface area contributed by atoms with Gasteiger partial charge in [0.25, 0.3) is 0 Å². The molecule has 2 rings (SSSR count). The molecule has 90 valence electrons. The first kappa shape index (κ1) is 11.6. The Labute approximate surface area is 103 Å². The number of anilines is 1. The SMILES string of the molecule is COc1cc(OC)c(-c2cnoc2N)cc1Cl. The van der Waals surface area contributed by atoms with Gasteiger partial charge in [-0.2, -0.15) is 0 Å². The summed E-state index contributed by atoms with van der Waals surface area (Å²) in [5.41, 5.74) is 6.99. The maximum Gasteiger partial charge on any atom is 0.230 e. The lowest BCUT2D eigenvalue weighted by atomic mass is 10.1. The second kappa shape index (κ2) is 4.55. The van der Waals surface area contributed by atoms with E-state index in [1.165, 1.54) is 13.3 Å². The average molecular weight is 255 g/mol. The number of halogens is 1. The van der Waals surface area contributed by atoms with E-state index in [-0.39, 0.29) is 5.88 Å². The van der Waals surface area contributed by atoms with Gasteiger partial charge < -0.3 is 19.7 Å². The summed E-state index contributed by atoms with van der Waals surface area (Å²) in [6.07, 6.45) is 1.51. The number of aromatic nitrogens is 1. The molecule has 0 saturated heterocycles. The number of hydrogen-bond acceptors (Lipinski definition) is 5. The molecule has 2 N–H and O–H groups in total. The van der Waals surface area contributed by atoms with E-state index in [1.807, 2.05) is 0 Å². The van der Waals surface area contributed by atoms with Gasteiger partial charge in [-0.15, -0.1) is 0 Å². The maximum absolute atomic E-state index is 6.06. The first-order valence-electron chi connectivity index (χ1n) is 4.79. The number of benzene rings is 1. The topological polar surface area (TPSA) is 70.5 Å². The Morgan fingerprint density at radius 1 is 1.18 bits per heavy atom. The van der Waals surface area contributed by atoms with E-state index >= 15 is 0 Å². The first-order valence-corrected chi connectivity index (χ1v) is 5.17. The first-order chi connectivity index (χ1) is 8.17. The van der Waals surface area contributed by atoms with E-state index in [2.05, 4.69) is 5.16 Å². The third kappa shape index (κ3) is 2.01. The van der Waals surface area contributed by atoms with Crippen LogP contribution in [0.1, 0.15) is 0 Å². The van der Waals surface area contributed by atoms with Gasteiger partial charge in [-0.25, -0.2) is 0 Å². The zero-order valence-corrected chi connectivity index (χ0v) is 10.1. The van der Waals surface area contributed by atoms with Crippen molar-refractivity contribution in [3.05, 3.63) is 23.4 Å². The third-order valence-electron chi connectivity index (χ3n) is 2.36. The van der Waals surface area contributed by atoms with Gasteiger partial charge in [0.15, 0.2) is 0 Å². The van der Waals surface area contributed by atoms with Crippen molar-refractivity contribution in [3.63, 3.8) is 0 Å². The highest BCUT2D eigenvalue weighted by Gasteiger charge is 2.15. The van der Waals surface area contributed by atoms with Gasteiger partial charge in [0, 0.05) is 11.6 Å². The summed E-state index contributed by atoms with van der Waals surface area (Å²) in [6, 6.07) is 3.38. The van der Waals surface area contributed by atoms with E-state index < -0.39 is 0 Å². The Morgan fingerprint density at radius 3 is 2.41 bits per heavy atom. The molecule has 0 radical (unpaired) electrons.